The molecule has 17 heteroatoms. The summed E-state index contributed by atoms with van der Waals surface area (Å²) in [6.45, 7) is -1.71. The number of nitrogens with one attached hydrogen (secondary N) is 1. The van der Waals surface area contributed by atoms with Crippen LogP contribution in [0.15, 0.2) is 24.7 Å². The SMILES string of the molecule is COc1ncc(-c2cc(C(F)(F)F)c3c(N)ncnn23)cc1C(=O)NC1CN(C(=O)C2CC(F)(F)C2)CC1(F)F. The molecule has 4 heterocycles. The Kier molecular flexibility index (Phi) is 6.29. The van der Waals surface area contributed by atoms with Gasteiger partial charge in [-0.25, -0.2) is 32.0 Å². The van der Waals surface area contributed by atoms with Gasteiger partial charge in [-0.05, 0) is 12.1 Å². The summed E-state index contributed by atoms with van der Waals surface area (Å²) in [6, 6.07) is -0.0748. The number of carbonyl (C=O) groups excluding carboxylic acids is 2. The van der Waals surface area contributed by atoms with Crippen molar-refractivity contribution in [2.75, 3.05) is 25.9 Å². The number of nitrogens with two attached hydrogens (primary N) is 1. The number of methoxy groups -OCH3 is 1. The third kappa shape index (κ3) is 4.72. The highest BCUT2D eigenvalue weighted by Crippen LogP contribution is 2.44. The van der Waals surface area contributed by atoms with Crippen molar-refractivity contribution < 1.29 is 45.1 Å². The third-order valence-electron chi connectivity index (χ3n) is 6.84. The number of likely N-dealkylation sites (tertiary alicyclic amines) is 1. The first-order valence-electron chi connectivity index (χ1n) is 11.7. The molecular weight excluding hydrogens is 555 g/mol. The maximum Gasteiger partial charge on any atom is 0.418 e. The van der Waals surface area contributed by atoms with Gasteiger partial charge in [0.05, 0.1) is 24.9 Å². The Balaban J connectivity index is 1.43. The van der Waals surface area contributed by atoms with Crippen LogP contribution in [0, 0.1) is 5.92 Å². The molecule has 5 rings (SSSR count). The molecule has 0 radical (unpaired) electrons. The topological polar surface area (TPSA) is 128 Å². The molecular formula is C23H20F7N7O3. The fourth-order valence-electron chi connectivity index (χ4n) is 4.84. The van der Waals surface area contributed by atoms with Crippen LogP contribution in [-0.4, -0.2) is 74.4 Å². The molecule has 2 aliphatic rings. The second-order valence-corrected chi connectivity index (χ2v) is 9.59. The number of fused-ring (bicyclic) bond motifs is 1. The van der Waals surface area contributed by atoms with Gasteiger partial charge < -0.3 is 20.7 Å². The molecule has 3 N–H and O–H groups in total. The minimum Gasteiger partial charge on any atom is -0.480 e. The molecule has 214 valence electrons. The quantitative estimate of drug-likeness (QED) is 0.448. The van der Waals surface area contributed by atoms with Crippen LogP contribution in [0.2, 0.25) is 0 Å². The van der Waals surface area contributed by atoms with E-state index >= 15 is 0 Å². The summed E-state index contributed by atoms with van der Waals surface area (Å²) in [7, 11) is 1.14. The predicted octanol–water partition coefficient (Wildman–Crippen LogP) is 3.02. The summed E-state index contributed by atoms with van der Waals surface area (Å²) in [4.78, 5) is 33.8. The summed E-state index contributed by atoms with van der Waals surface area (Å²) in [5, 5.41) is 5.92. The second kappa shape index (κ2) is 9.19. The highest BCUT2D eigenvalue weighted by Gasteiger charge is 2.55. The van der Waals surface area contributed by atoms with E-state index in [1.807, 2.05) is 0 Å². The Hall–Kier alpha value is -4.18. The van der Waals surface area contributed by atoms with Crippen molar-refractivity contribution in [2.45, 2.75) is 36.9 Å². The Morgan fingerprint density at radius 3 is 2.48 bits per heavy atom. The fourth-order valence-corrected chi connectivity index (χ4v) is 4.84. The first kappa shape index (κ1) is 27.4. The Bertz CT molecular complexity index is 1500. The van der Waals surface area contributed by atoms with Crippen molar-refractivity contribution in [2.24, 2.45) is 5.92 Å². The molecule has 1 saturated carbocycles. The van der Waals surface area contributed by atoms with Crippen molar-refractivity contribution in [1.82, 2.24) is 29.8 Å². The lowest BCUT2D eigenvalue weighted by Crippen LogP contribution is -2.47. The highest BCUT2D eigenvalue weighted by atomic mass is 19.4. The normalized spacial score (nSPS) is 20.4. The van der Waals surface area contributed by atoms with Crippen LogP contribution in [0.25, 0.3) is 16.8 Å². The number of anilines is 1. The number of aromatic nitrogens is 4. The number of rotatable bonds is 5. The van der Waals surface area contributed by atoms with Crippen molar-refractivity contribution in [3.05, 3.63) is 35.8 Å². The van der Waals surface area contributed by atoms with Gasteiger partial charge in [-0.3, -0.25) is 9.59 Å². The molecule has 40 heavy (non-hydrogen) atoms. The van der Waals surface area contributed by atoms with Gasteiger partial charge in [0, 0.05) is 37.1 Å². The molecule has 2 amide bonds. The summed E-state index contributed by atoms with van der Waals surface area (Å²) in [5.41, 5.74) is 3.33. The minimum absolute atomic E-state index is 0.0598. The molecule has 10 nitrogen and oxygen atoms in total. The molecule has 1 aliphatic heterocycles. The van der Waals surface area contributed by atoms with Crippen LogP contribution in [-0.2, 0) is 11.0 Å². The van der Waals surface area contributed by atoms with Crippen molar-refractivity contribution in [1.29, 1.82) is 0 Å². The Labute approximate surface area is 220 Å². The number of hydrogen-bond acceptors (Lipinski definition) is 7. The number of carbonyl (C=O) groups is 2. The van der Waals surface area contributed by atoms with Crippen LogP contribution < -0.4 is 15.8 Å². The van der Waals surface area contributed by atoms with E-state index in [1.165, 1.54) is 0 Å². The van der Waals surface area contributed by atoms with E-state index in [-0.39, 0.29) is 17.1 Å². The van der Waals surface area contributed by atoms with Gasteiger partial charge in [0.2, 0.25) is 17.7 Å². The molecule has 3 aromatic rings. The largest absolute Gasteiger partial charge is 0.480 e. The van der Waals surface area contributed by atoms with Gasteiger partial charge in [-0.1, -0.05) is 0 Å². The Morgan fingerprint density at radius 1 is 1.15 bits per heavy atom. The first-order chi connectivity index (χ1) is 18.6. The van der Waals surface area contributed by atoms with Crippen LogP contribution in [0.1, 0.15) is 28.8 Å². The molecule has 1 unspecified atom stereocenters. The zero-order valence-corrected chi connectivity index (χ0v) is 20.5. The van der Waals surface area contributed by atoms with E-state index in [0.29, 0.717) is 0 Å². The van der Waals surface area contributed by atoms with E-state index in [0.717, 1.165) is 41.2 Å². The number of halogens is 7. The predicted molar refractivity (Wildman–Crippen MR) is 123 cm³/mol. The van der Waals surface area contributed by atoms with Gasteiger partial charge in [-0.15, -0.1) is 0 Å². The van der Waals surface area contributed by atoms with Gasteiger partial charge in [0.1, 0.15) is 23.4 Å². The number of amides is 2. The lowest BCUT2D eigenvalue weighted by molar-refractivity contribution is -0.159. The van der Waals surface area contributed by atoms with Crippen LogP contribution >= 0.6 is 0 Å². The van der Waals surface area contributed by atoms with Crippen molar-refractivity contribution in [3.8, 4) is 17.1 Å². The second-order valence-electron chi connectivity index (χ2n) is 9.59. The zero-order valence-electron chi connectivity index (χ0n) is 20.5. The van der Waals surface area contributed by atoms with E-state index in [9.17, 15) is 40.3 Å². The van der Waals surface area contributed by atoms with Crippen LogP contribution in [0.4, 0.5) is 36.6 Å². The summed E-state index contributed by atoms with van der Waals surface area (Å²) in [5.74, 6) is -10.5. The third-order valence-corrected chi connectivity index (χ3v) is 6.84. The maximum absolute atomic E-state index is 14.7. The number of ether oxygens (including phenoxy) is 1. The Morgan fingerprint density at radius 2 is 1.85 bits per heavy atom. The number of nitrogen functional groups attached to an aromatic ring is 1. The lowest BCUT2D eigenvalue weighted by Gasteiger charge is -2.35. The molecule has 0 aromatic carbocycles. The summed E-state index contributed by atoms with van der Waals surface area (Å²) in [6.07, 6.45) is -4.29. The monoisotopic (exact) mass is 575 g/mol. The number of pyridine rings is 1. The lowest BCUT2D eigenvalue weighted by atomic mass is 9.80. The number of alkyl halides is 7. The van der Waals surface area contributed by atoms with E-state index in [1.54, 1.807) is 0 Å². The standard InChI is InChI=1S/C23H20F7N7O3/c1-40-19-12(18(38)35-15-7-36(8-22(15,26)27)20(39)11-4-21(24,25)5-11)2-10(6-32-19)14-3-13(23(28,29)30)16-17(31)33-9-34-37(14)16/h2-3,6,9,11,15H,4-5,7-8H2,1H3,(H,35,38)(H2,31,33,34). The van der Waals surface area contributed by atoms with Gasteiger partial charge in [0.15, 0.2) is 5.82 Å². The van der Waals surface area contributed by atoms with Crippen LogP contribution in [0.3, 0.4) is 0 Å². The molecule has 3 aromatic heterocycles. The number of nitrogens with zero attached hydrogens (tertiary/aromatic N) is 5. The van der Waals surface area contributed by atoms with Crippen molar-refractivity contribution in [3.63, 3.8) is 0 Å². The van der Waals surface area contributed by atoms with Gasteiger partial charge in [-0.2, -0.15) is 18.3 Å². The average molecular weight is 575 g/mol. The first-order valence-corrected chi connectivity index (χ1v) is 11.7. The van der Waals surface area contributed by atoms with Crippen molar-refractivity contribution >= 4 is 23.1 Å². The summed E-state index contributed by atoms with van der Waals surface area (Å²) < 4.78 is 103. The van der Waals surface area contributed by atoms with Crippen LogP contribution in [0.5, 0.6) is 5.88 Å². The molecule has 1 aliphatic carbocycles. The molecule has 0 spiro atoms. The van der Waals surface area contributed by atoms with E-state index in [4.69, 9.17) is 10.5 Å². The minimum atomic E-state index is -4.84. The molecule has 2 fully saturated rings. The number of hydrogen-bond donors (Lipinski definition) is 2. The smallest absolute Gasteiger partial charge is 0.418 e. The fraction of sp³-hybridized carbons (Fsp3) is 0.435. The highest BCUT2D eigenvalue weighted by molar-refractivity contribution is 5.98. The average Bonchev–Trinajstić information content (AvgIpc) is 3.40. The van der Waals surface area contributed by atoms with Gasteiger partial charge in [0.25, 0.3) is 11.8 Å². The van der Waals surface area contributed by atoms with E-state index in [2.05, 4.69) is 20.4 Å². The molecule has 0 bridgehead atoms. The van der Waals surface area contributed by atoms with Gasteiger partial charge >= 0.3 is 6.18 Å². The zero-order chi connectivity index (χ0) is 29.2. The summed E-state index contributed by atoms with van der Waals surface area (Å²) >= 11 is 0. The molecule has 1 atom stereocenters. The van der Waals surface area contributed by atoms with E-state index < -0.39 is 90.2 Å². The maximum atomic E-state index is 14.7. The molecule has 1 saturated heterocycles.